The molecule has 44 heavy (non-hydrogen) atoms. The van der Waals surface area contributed by atoms with Crippen molar-refractivity contribution in [3.8, 4) is 22.5 Å². The fourth-order valence-corrected chi connectivity index (χ4v) is 5.81. The lowest BCUT2D eigenvalue weighted by Crippen LogP contribution is -2.24. The van der Waals surface area contributed by atoms with Crippen molar-refractivity contribution in [1.82, 2.24) is 19.1 Å². The average Bonchev–Trinajstić information content (AvgIpc) is 3.49. The smallest absolute Gasteiger partial charge is 0.339 e. The van der Waals surface area contributed by atoms with E-state index in [9.17, 15) is 9.18 Å². The molecule has 0 amide bonds. The second-order valence-electron chi connectivity index (χ2n) is 12.4. The predicted octanol–water partition coefficient (Wildman–Crippen LogP) is 8.66. The minimum absolute atomic E-state index is 0.296. The van der Waals surface area contributed by atoms with Crippen LogP contribution >= 0.6 is 0 Å². The molecule has 0 unspecified atom stereocenters. The van der Waals surface area contributed by atoms with Crippen molar-refractivity contribution < 1.29 is 13.9 Å². The maximum absolute atomic E-state index is 13.9. The van der Waals surface area contributed by atoms with Crippen LogP contribution in [0.1, 0.15) is 61.4 Å². The number of aromatic nitrogens is 4. The summed E-state index contributed by atoms with van der Waals surface area (Å²) in [6.45, 7) is 10.5. The van der Waals surface area contributed by atoms with Gasteiger partial charge in [0.05, 0.1) is 27.6 Å². The average molecular weight is 589 g/mol. The van der Waals surface area contributed by atoms with Crippen LogP contribution in [0.4, 0.5) is 4.39 Å². The van der Waals surface area contributed by atoms with Crippen molar-refractivity contribution in [2.45, 2.75) is 59.6 Å². The third-order valence-electron chi connectivity index (χ3n) is 7.85. The first kappa shape index (κ1) is 29.3. The van der Waals surface area contributed by atoms with E-state index >= 15 is 0 Å². The van der Waals surface area contributed by atoms with Crippen molar-refractivity contribution in [1.29, 1.82) is 0 Å². The first-order chi connectivity index (χ1) is 21.0. The summed E-state index contributed by atoms with van der Waals surface area (Å²) in [7, 11) is 1.96. The number of fused-ring (bicyclic) bond motifs is 2. The number of rotatable bonds is 7. The van der Waals surface area contributed by atoms with Gasteiger partial charge in [0.25, 0.3) is 0 Å². The highest BCUT2D eigenvalue weighted by Gasteiger charge is 2.21. The first-order valence-electron chi connectivity index (χ1n) is 15.1. The maximum atomic E-state index is 13.9. The molecule has 0 saturated carbocycles. The third kappa shape index (κ3) is 5.62. The van der Waals surface area contributed by atoms with Gasteiger partial charge in [0.15, 0.2) is 0 Å². The van der Waals surface area contributed by atoms with Crippen LogP contribution in [-0.4, -0.2) is 30.7 Å². The first-order valence-corrected chi connectivity index (χ1v) is 15.1. The zero-order valence-corrected chi connectivity index (χ0v) is 26.1. The molecule has 6 rings (SSSR count). The SMILES string of the molecule is CCCc1nc2c(C)cc(-c3nc4cc(F)ccc4n3C)cc2n1Cc1ccc(-c2ccccc2C(=O)OC(C)(C)C)cc1. The Morgan fingerprint density at radius 2 is 1.66 bits per heavy atom. The Bertz CT molecular complexity index is 2010. The van der Waals surface area contributed by atoms with E-state index in [1.54, 1.807) is 6.07 Å². The predicted molar refractivity (Wildman–Crippen MR) is 174 cm³/mol. The number of aryl methyl sites for hydroxylation is 3. The maximum Gasteiger partial charge on any atom is 0.339 e. The molecule has 0 aliphatic carbocycles. The molecule has 0 saturated heterocycles. The molecule has 0 aliphatic rings. The van der Waals surface area contributed by atoms with Gasteiger partial charge in [-0.05, 0) is 86.7 Å². The summed E-state index contributed by atoms with van der Waals surface area (Å²) in [5.74, 6) is 1.20. The number of nitrogens with zero attached hydrogens (tertiary/aromatic N) is 4. The van der Waals surface area contributed by atoms with Crippen LogP contribution in [0.2, 0.25) is 0 Å². The summed E-state index contributed by atoms with van der Waals surface area (Å²) in [5, 5.41) is 0. The second-order valence-corrected chi connectivity index (χ2v) is 12.4. The number of ether oxygens (including phenoxy) is 1. The number of hydrogen-bond acceptors (Lipinski definition) is 4. The van der Waals surface area contributed by atoms with Gasteiger partial charge in [-0.3, -0.25) is 0 Å². The van der Waals surface area contributed by atoms with Gasteiger partial charge in [0, 0.05) is 31.6 Å². The minimum Gasteiger partial charge on any atom is -0.456 e. The number of esters is 1. The van der Waals surface area contributed by atoms with E-state index in [0.29, 0.717) is 17.6 Å². The molecule has 0 bridgehead atoms. The van der Waals surface area contributed by atoms with Crippen LogP contribution in [0.3, 0.4) is 0 Å². The molecular weight excluding hydrogens is 551 g/mol. The molecule has 0 fully saturated rings. The van der Waals surface area contributed by atoms with Gasteiger partial charge >= 0.3 is 5.97 Å². The van der Waals surface area contributed by atoms with Crippen molar-refractivity contribution in [2.75, 3.05) is 0 Å². The topological polar surface area (TPSA) is 61.9 Å². The number of carbonyl (C=O) groups is 1. The molecule has 0 spiro atoms. The highest BCUT2D eigenvalue weighted by atomic mass is 19.1. The molecule has 0 atom stereocenters. The van der Waals surface area contributed by atoms with Gasteiger partial charge in [-0.15, -0.1) is 0 Å². The van der Waals surface area contributed by atoms with Crippen LogP contribution < -0.4 is 0 Å². The van der Waals surface area contributed by atoms with Gasteiger partial charge in [-0.25, -0.2) is 19.2 Å². The number of imidazole rings is 2. The molecule has 0 N–H and O–H groups in total. The summed E-state index contributed by atoms with van der Waals surface area (Å²) < 4.78 is 23.9. The summed E-state index contributed by atoms with van der Waals surface area (Å²) in [5.41, 5.74) is 8.47. The van der Waals surface area contributed by atoms with Crippen LogP contribution in [0.15, 0.2) is 78.9 Å². The van der Waals surface area contributed by atoms with E-state index in [-0.39, 0.29) is 11.8 Å². The molecule has 0 radical (unpaired) electrons. The van der Waals surface area contributed by atoms with Crippen LogP contribution in [0.25, 0.3) is 44.6 Å². The molecule has 4 aromatic carbocycles. The van der Waals surface area contributed by atoms with Gasteiger partial charge < -0.3 is 13.9 Å². The molecule has 2 heterocycles. The fraction of sp³-hybridized carbons (Fsp3) is 0.270. The Morgan fingerprint density at radius 3 is 2.39 bits per heavy atom. The number of hydrogen-bond donors (Lipinski definition) is 0. The van der Waals surface area contributed by atoms with E-state index in [0.717, 1.165) is 68.9 Å². The summed E-state index contributed by atoms with van der Waals surface area (Å²) in [6, 6.07) is 24.9. The van der Waals surface area contributed by atoms with E-state index in [4.69, 9.17) is 14.7 Å². The quantitative estimate of drug-likeness (QED) is 0.175. The lowest BCUT2D eigenvalue weighted by atomic mass is 9.98. The largest absolute Gasteiger partial charge is 0.456 e. The molecule has 6 nitrogen and oxygen atoms in total. The third-order valence-corrected chi connectivity index (χ3v) is 7.85. The Kier molecular flexibility index (Phi) is 7.58. The second kappa shape index (κ2) is 11.4. The minimum atomic E-state index is -0.572. The van der Waals surface area contributed by atoms with E-state index in [1.807, 2.05) is 56.7 Å². The Labute approximate surface area is 257 Å². The highest BCUT2D eigenvalue weighted by molar-refractivity contribution is 5.97. The van der Waals surface area contributed by atoms with E-state index < -0.39 is 5.60 Å². The summed E-state index contributed by atoms with van der Waals surface area (Å²) >= 11 is 0. The van der Waals surface area contributed by atoms with Gasteiger partial charge in [0.2, 0.25) is 0 Å². The monoisotopic (exact) mass is 588 g/mol. The van der Waals surface area contributed by atoms with Crippen LogP contribution in [-0.2, 0) is 24.8 Å². The zero-order chi connectivity index (χ0) is 31.2. The number of carbonyl (C=O) groups excluding carboxylic acids is 1. The van der Waals surface area contributed by atoms with E-state index in [1.165, 1.54) is 12.1 Å². The highest BCUT2D eigenvalue weighted by Crippen LogP contribution is 2.32. The zero-order valence-electron chi connectivity index (χ0n) is 26.1. The molecule has 2 aromatic heterocycles. The standard InChI is InChI=1S/C37H37FN4O2/c1-7-10-33-40-34-23(2)19-26(35-39-30-21-27(38)17-18-31(30)41(35)6)20-32(34)42(33)22-24-13-15-25(16-14-24)28-11-8-9-12-29(28)36(43)44-37(3,4)5/h8-9,11-21H,7,10,22H2,1-6H3. The number of benzene rings is 4. The van der Waals surface area contributed by atoms with Crippen molar-refractivity contribution in [2.24, 2.45) is 7.05 Å². The number of halogens is 1. The van der Waals surface area contributed by atoms with Gasteiger partial charge in [-0.2, -0.15) is 0 Å². The molecule has 0 aliphatic heterocycles. The fourth-order valence-electron chi connectivity index (χ4n) is 5.81. The van der Waals surface area contributed by atoms with Crippen molar-refractivity contribution in [3.63, 3.8) is 0 Å². The molecule has 224 valence electrons. The molecule has 6 aromatic rings. The Morgan fingerprint density at radius 1 is 0.909 bits per heavy atom. The molecular formula is C37H37FN4O2. The lowest BCUT2D eigenvalue weighted by molar-refractivity contribution is 0.00704. The summed E-state index contributed by atoms with van der Waals surface area (Å²) in [6.07, 6.45) is 1.84. The van der Waals surface area contributed by atoms with Crippen LogP contribution in [0, 0.1) is 12.7 Å². The normalized spacial score (nSPS) is 11.9. The van der Waals surface area contributed by atoms with Gasteiger partial charge in [-0.1, -0.05) is 49.4 Å². The van der Waals surface area contributed by atoms with Gasteiger partial charge in [0.1, 0.15) is 23.1 Å². The molecule has 7 heteroatoms. The summed E-state index contributed by atoms with van der Waals surface area (Å²) in [4.78, 5) is 22.8. The Balaban J connectivity index is 1.38. The van der Waals surface area contributed by atoms with Crippen molar-refractivity contribution >= 4 is 28.0 Å². The Hall–Kier alpha value is -4.78. The van der Waals surface area contributed by atoms with Crippen LogP contribution in [0.5, 0.6) is 0 Å². The van der Waals surface area contributed by atoms with Crippen molar-refractivity contribution in [3.05, 3.63) is 107 Å². The lowest BCUT2D eigenvalue weighted by Gasteiger charge is -2.20. The van der Waals surface area contributed by atoms with E-state index in [2.05, 4.69) is 54.8 Å².